The number of aromatic nitrogens is 4. The van der Waals surface area contributed by atoms with Gasteiger partial charge in [0.2, 0.25) is 0 Å². The third-order valence-corrected chi connectivity index (χ3v) is 5.62. The molecule has 31 heavy (non-hydrogen) atoms. The highest BCUT2D eigenvalue weighted by Crippen LogP contribution is 2.16. The number of hydrogen-bond donors (Lipinski definition) is 3. The zero-order chi connectivity index (χ0) is 21.8. The molecule has 1 aliphatic rings. The van der Waals surface area contributed by atoms with Crippen LogP contribution in [0.4, 0.5) is 5.82 Å². The Bertz CT molecular complexity index is 1070. The fourth-order valence-electron chi connectivity index (χ4n) is 3.86. The number of amides is 1. The zero-order valence-corrected chi connectivity index (χ0v) is 17.1. The van der Waals surface area contributed by atoms with Crippen molar-refractivity contribution in [2.24, 2.45) is 0 Å². The number of aryl methyl sites for hydroxylation is 1. The molecular weight excluding hydrogens is 398 g/mol. The molecule has 10 heteroatoms. The molecule has 4 N–H and O–H groups in total. The number of rotatable bonds is 7. The molecule has 3 heterocycles. The second-order valence-electron chi connectivity index (χ2n) is 7.69. The number of carboxylic acid groups (broad SMARTS) is 1. The molecule has 162 valence electrons. The van der Waals surface area contributed by atoms with E-state index in [0.29, 0.717) is 16.9 Å². The highest BCUT2D eigenvalue weighted by Gasteiger charge is 2.21. The summed E-state index contributed by atoms with van der Waals surface area (Å²) in [6.07, 6.45) is 5.94. The Balaban J connectivity index is 1.21. The average molecular weight is 423 g/mol. The molecule has 10 nitrogen and oxygen atoms in total. The SMILES string of the molecule is Nc1ncnc2c1ncn2CCCN1CCC(NC(=O)c2ccc(C(=O)O)cc2)CC1. The zero-order valence-electron chi connectivity index (χ0n) is 17.1. The Morgan fingerprint density at radius 3 is 2.48 bits per heavy atom. The lowest BCUT2D eigenvalue weighted by Crippen LogP contribution is -2.44. The van der Waals surface area contributed by atoms with Crippen LogP contribution in [0.5, 0.6) is 0 Å². The van der Waals surface area contributed by atoms with Gasteiger partial charge in [0.1, 0.15) is 11.8 Å². The smallest absolute Gasteiger partial charge is 0.335 e. The van der Waals surface area contributed by atoms with E-state index in [-0.39, 0.29) is 17.5 Å². The molecule has 0 spiro atoms. The molecule has 0 aliphatic carbocycles. The fraction of sp³-hybridized carbons (Fsp3) is 0.381. The van der Waals surface area contributed by atoms with Gasteiger partial charge in [0.05, 0.1) is 11.9 Å². The van der Waals surface area contributed by atoms with E-state index in [0.717, 1.165) is 51.1 Å². The Hall–Kier alpha value is -3.53. The molecule has 1 saturated heterocycles. The molecule has 1 aromatic carbocycles. The van der Waals surface area contributed by atoms with Crippen LogP contribution in [0.3, 0.4) is 0 Å². The van der Waals surface area contributed by atoms with Crippen LogP contribution in [-0.4, -0.2) is 67.1 Å². The van der Waals surface area contributed by atoms with Gasteiger partial charge in [0.15, 0.2) is 11.5 Å². The van der Waals surface area contributed by atoms with Crippen molar-refractivity contribution < 1.29 is 14.7 Å². The normalized spacial score (nSPS) is 15.2. The first-order valence-electron chi connectivity index (χ1n) is 10.3. The lowest BCUT2D eigenvalue weighted by molar-refractivity contribution is 0.0696. The van der Waals surface area contributed by atoms with Crippen molar-refractivity contribution in [1.82, 2.24) is 29.7 Å². The van der Waals surface area contributed by atoms with Crippen molar-refractivity contribution >= 4 is 28.9 Å². The maximum absolute atomic E-state index is 12.4. The molecule has 0 saturated carbocycles. The highest BCUT2D eigenvalue weighted by molar-refractivity contribution is 5.96. The third kappa shape index (κ3) is 4.80. The van der Waals surface area contributed by atoms with Crippen LogP contribution in [0.2, 0.25) is 0 Å². The van der Waals surface area contributed by atoms with Crippen molar-refractivity contribution in [3.05, 3.63) is 48.0 Å². The number of carboxylic acids is 1. The van der Waals surface area contributed by atoms with Crippen LogP contribution in [-0.2, 0) is 6.54 Å². The van der Waals surface area contributed by atoms with E-state index in [1.165, 1.54) is 18.5 Å². The molecule has 4 rings (SSSR count). The number of benzene rings is 1. The largest absolute Gasteiger partial charge is 0.478 e. The number of nitrogen functional groups attached to an aromatic ring is 1. The number of anilines is 1. The number of piperidine rings is 1. The molecule has 0 radical (unpaired) electrons. The van der Waals surface area contributed by atoms with E-state index >= 15 is 0 Å². The third-order valence-electron chi connectivity index (χ3n) is 5.62. The first-order chi connectivity index (χ1) is 15.0. The van der Waals surface area contributed by atoms with Gasteiger partial charge in [0, 0.05) is 31.2 Å². The number of likely N-dealkylation sites (tertiary alicyclic amines) is 1. The fourth-order valence-corrected chi connectivity index (χ4v) is 3.86. The Labute approximate surface area is 179 Å². The van der Waals surface area contributed by atoms with Crippen LogP contribution in [0.25, 0.3) is 11.2 Å². The minimum Gasteiger partial charge on any atom is -0.478 e. The molecule has 1 amide bonds. The van der Waals surface area contributed by atoms with Gasteiger partial charge in [-0.15, -0.1) is 0 Å². The Morgan fingerprint density at radius 1 is 1.06 bits per heavy atom. The van der Waals surface area contributed by atoms with Crippen LogP contribution in [0.1, 0.15) is 40.0 Å². The Morgan fingerprint density at radius 2 is 1.77 bits per heavy atom. The summed E-state index contributed by atoms with van der Waals surface area (Å²) in [5, 5.41) is 12.0. The van der Waals surface area contributed by atoms with E-state index in [2.05, 4.69) is 25.2 Å². The summed E-state index contributed by atoms with van der Waals surface area (Å²) in [5.41, 5.74) is 7.87. The molecule has 0 unspecified atom stereocenters. The number of nitrogens with one attached hydrogen (secondary N) is 1. The monoisotopic (exact) mass is 423 g/mol. The second-order valence-corrected chi connectivity index (χ2v) is 7.69. The predicted molar refractivity (Wildman–Crippen MR) is 115 cm³/mol. The van der Waals surface area contributed by atoms with Gasteiger partial charge >= 0.3 is 5.97 Å². The molecular formula is C21H25N7O3. The highest BCUT2D eigenvalue weighted by atomic mass is 16.4. The number of imidazole rings is 1. The minimum atomic E-state index is -1.00. The van der Waals surface area contributed by atoms with Crippen LogP contribution >= 0.6 is 0 Å². The van der Waals surface area contributed by atoms with E-state index in [1.807, 2.05) is 4.57 Å². The summed E-state index contributed by atoms with van der Waals surface area (Å²) >= 11 is 0. The summed E-state index contributed by atoms with van der Waals surface area (Å²) in [7, 11) is 0. The Kier molecular flexibility index (Phi) is 6.08. The summed E-state index contributed by atoms with van der Waals surface area (Å²) in [5.74, 6) is -0.771. The van der Waals surface area contributed by atoms with Crippen LogP contribution in [0.15, 0.2) is 36.9 Å². The number of aromatic carboxylic acids is 1. The molecule has 0 atom stereocenters. The summed E-state index contributed by atoms with van der Waals surface area (Å²) in [6.45, 7) is 3.60. The average Bonchev–Trinajstić information content (AvgIpc) is 3.19. The lowest BCUT2D eigenvalue weighted by Gasteiger charge is -2.32. The van der Waals surface area contributed by atoms with Gasteiger partial charge in [-0.05, 0) is 50.1 Å². The number of nitrogens with two attached hydrogens (primary N) is 1. The second kappa shape index (κ2) is 9.09. The maximum atomic E-state index is 12.4. The predicted octanol–water partition coefficient (Wildman–Crippen LogP) is 1.39. The number of fused-ring (bicyclic) bond motifs is 1. The number of carbonyl (C=O) groups is 2. The topological polar surface area (TPSA) is 139 Å². The van der Waals surface area contributed by atoms with E-state index < -0.39 is 5.97 Å². The van der Waals surface area contributed by atoms with E-state index in [9.17, 15) is 9.59 Å². The van der Waals surface area contributed by atoms with Gasteiger partial charge in [-0.25, -0.2) is 19.7 Å². The van der Waals surface area contributed by atoms with Crippen molar-refractivity contribution in [2.45, 2.75) is 31.8 Å². The summed E-state index contributed by atoms with van der Waals surface area (Å²) < 4.78 is 2.00. The number of nitrogens with zero attached hydrogens (tertiary/aromatic N) is 5. The van der Waals surface area contributed by atoms with Crippen LogP contribution in [0, 0.1) is 0 Å². The van der Waals surface area contributed by atoms with Gasteiger partial charge in [0.25, 0.3) is 5.91 Å². The summed E-state index contributed by atoms with van der Waals surface area (Å²) in [6, 6.07) is 6.12. The van der Waals surface area contributed by atoms with E-state index in [1.54, 1.807) is 18.5 Å². The van der Waals surface area contributed by atoms with Crippen molar-refractivity contribution in [3.63, 3.8) is 0 Å². The quantitative estimate of drug-likeness (QED) is 0.518. The molecule has 2 aromatic heterocycles. The first-order valence-corrected chi connectivity index (χ1v) is 10.3. The first kappa shape index (κ1) is 20.7. The van der Waals surface area contributed by atoms with Gasteiger partial charge in [-0.1, -0.05) is 0 Å². The van der Waals surface area contributed by atoms with Crippen molar-refractivity contribution in [3.8, 4) is 0 Å². The number of carbonyl (C=O) groups excluding carboxylic acids is 1. The van der Waals surface area contributed by atoms with Crippen LogP contribution < -0.4 is 11.1 Å². The lowest BCUT2D eigenvalue weighted by atomic mass is 10.0. The maximum Gasteiger partial charge on any atom is 0.335 e. The van der Waals surface area contributed by atoms with E-state index in [4.69, 9.17) is 10.8 Å². The minimum absolute atomic E-state index is 0.125. The van der Waals surface area contributed by atoms with Crippen molar-refractivity contribution in [1.29, 1.82) is 0 Å². The van der Waals surface area contributed by atoms with Crippen molar-refractivity contribution in [2.75, 3.05) is 25.4 Å². The molecule has 3 aromatic rings. The standard InChI is InChI=1S/C21H25N7O3/c22-18-17-19(24-12-23-18)28(13-25-17)9-1-8-27-10-6-16(7-11-27)26-20(29)14-2-4-15(5-3-14)21(30)31/h2-5,12-13,16H,1,6-11H2,(H,26,29)(H,30,31)(H2,22,23,24). The molecule has 1 fully saturated rings. The molecule has 0 bridgehead atoms. The summed E-state index contributed by atoms with van der Waals surface area (Å²) in [4.78, 5) is 38.2. The van der Waals surface area contributed by atoms with Gasteiger partial charge in [-0.3, -0.25) is 4.79 Å². The number of hydrogen-bond acceptors (Lipinski definition) is 7. The molecule has 1 aliphatic heterocycles. The van der Waals surface area contributed by atoms with Gasteiger partial charge in [-0.2, -0.15) is 0 Å². The van der Waals surface area contributed by atoms with Gasteiger partial charge < -0.3 is 25.6 Å².